The number of ether oxygens (including phenoxy) is 2. The zero-order chi connectivity index (χ0) is 22.0. The quantitative estimate of drug-likeness (QED) is 0.496. The van der Waals surface area contributed by atoms with Crippen molar-refractivity contribution < 1.29 is 18.3 Å². The third-order valence-corrected chi connectivity index (χ3v) is 4.60. The van der Waals surface area contributed by atoms with E-state index in [2.05, 4.69) is 0 Å². The van der Waals surface area contributed by atoms with Crippen LogP contribution < -0.4 is 9.47 Å². The zero-order valence-electron chi connectivity index (χ0n) is 16.9. The van der Waals surface area contributed by atoms with Crippen LogP contribution in [0.3, 0.4) is 0 Å². The maximum absolute atomic E-state index is 15.2. The first-order valence-electron chi connectivity index (χ1n) is 9.12. The summed E-state index contributed by atoms with van der Waals surface area (Å²) < 4.78 is 41.7. The first-order chi connectivity index (χ1) is 14.3. The molecule has 0 N–H and O–H groups in total. The highest BCUT2D eigenvalue weighted by molar-refractivity contribution is 5.60. The summed E-state index contributed by atoms with van der Waals surface area (Å²) in [5.74, 6) is -2.94. The average Bonchev–Trinajstić information content (AvgIpc) is 2.70. The molecule has 3 aromatic carbocycles. The molecular weight excluding hydrogens is 386 g/mol. The number of rotatable bonds is 4. The summed E-state index contributed by atoms with van der Waals surface area (Å²) in [7, 11) is 0. The zero-order valence-corrected chi connectivity index (χ0v) is 16.9. The standard InChI is InChI=1S/C24H18F2N2O2/c1-13-5-7-19(15(3)9-13)29-23-21(25)17(11-27)18(12-28)22(26)24(23)30-20-8-6-14(2)10-16(20)4/h5-10H,1-4H3. The van der Waals surface area contributed by atoms with E-state index in [1.165, 1.54) is 0 Å². The topological polar surface area (TPSA) is 66.0 Å². The van der Waals surface area contributed by atoms with Gasteiger partial charge in [0.2, 0.25) is 11.5 Å². The predicted octanol–water partition coefficient (Wildman–Crippen LogP) is 6.53. The Morgan fingerprint density at radius 3 is 1.33 bits per heavy atom. The van der Waals surface area contributed by atoms with Crippen LogP contribution in [-0.2, 0) is 0 Å². The van der Waals surface area contributed by atoms with Crippen LogP contribution in [0.4, 0.5) is 8.78 Å². The fourth-order valence-electron chi connectivity index (χ4n) is 3.09. The molecule has 0 unspecified atom stereocenters. The van der Waals surface area contributed by atoms with Crippen molar-refractivity contribution in [1.82, 2.24) is 0 Å². The Hall–Kier alpha value is -3.90. The smallest absolute Gasteiger partial charge is 0.210 e. The van der Waals surface area contributed by atoms with Crippen molar-refractivity contribution in [3.8, 4) is 35.1 Å². The van der Waals surface area contributed by atoms with Crippen LogP contribution in [-0.4, -0.2) is 0 Å². The lowest BCUT2D eigenvalue weighted by Gasteiger charge is -2.18. The van der Waals surface area contributed by atoms with Crippen LogP contribution >= 0.6 is 0 Å². The second-order valence-corrected chi connectivity index (χ2v) is 7.00. The van der Waals surface area contributed by atoms with Crippen LogP contribution in [0, 0.1) is 62.0 Å². The Kier molecular flexibility index (Phi) is 5.71. The van der Waals surface area contributed by atoms with Crippen molar-refractivity contribution in [3.63, 3.8) is 0 Å². The minimum atomic E-state index is -1.16. The average molecular weight is 404 g/mol. The highest BCUT2D eigenvalue weighted by atomic mass is 19.1. The lowest BCUT2D eigenvalue weighted by Crippen LogP contribution is -2.04. The van der Waals surface area contributed by atoms with E-state index in [1.807, 2.05) is 26.0 Å². The first kappa shape index (κ1) is 20.8. The largest absolute Gasteiger partial charge is 0.450 e. The van der Waals surface area contributed by atoms with E-state index in [9.17, 15) is 10.5 Å². The molecule has 0 amide bonds. The number of nitriles is 2. The molecule has 0 atom stereocenters. The molecule has 6 heteroatoms. The third kappa shape index (κ3) is 3.81. The molecule has 0 aliphatic rings. The van der Waals surface area contributed by atoms with Gasteiger partial charge in [-0.2, -0.15) is 10.5 Å². The van der Waals surface area contributed by atoms with Crippen LogP contribution in [0.2, 0.25) is 0 Å². The number of hydrogen-bond acceptors (Lipinski definition) is 4. The fourth-order valence-corrected chi connectivity index (χ4v) is 3.09. The molecule has 0 heterocycles. The normalized spacial score (nSPS) is 10.3. The van der Waals surface area contributed by atoms with Gasteiger partial charge in [-0.15, -0.1) is 0 Å². The number of nitrogens with zero attached hydrogens (tertiary/aromatic N) is 2. The maximum atomic E-state index is 15.2. The molecule has 3 aromatic rings. The van der Waals surface area contributed by atoms with Crippen molar-refractivity contribution in [2.24, 2.45) is 0 Å². The van der Waals surface area contributed by atoms with Gasteiger partial charge in [-0.25, -0.2) is 8.78 Å². The molecule has 0 spiro atoms. The Labute approximate surface area is 173 Å². The van der Waals surface area contributed by atoms with Gasteiger partial charge >= 0.3 is 0 Å². The van der Waals surface area contributed by atoms with Gasteiger partial charge < -0.3 is 9.47 Å². The summed E-state index contributed by atoms with van der Waals surface area (Å²) in [6, 6.07) is 13.5. The van der Waals surface area contributed by atoms with Crippen molar-refractivity contribution in [2.75, 3.05) is 0 Å². The van der Waals surface area contributed by atoms with Crippen molar-refractivity contribution in [3.05, 3.63) is 81.4 Å². The van der Waals surface area contributed by atoms with E-state index < -0.39 is 34.3 Å². The Morgan fingerprint density at radius 1 is 0.667 bits per heavy atom. The molecule has 0 aliphatic heterocycles. The molecule has 0 radical (unpaired) electrons. The Balaban J connectivity index is 2.24. The predicted molar refractivity (Wildman–Crippen MR) is 108 cm³/mol. The Morgan fingerprint density at radius 2 is 1.03 bits per heavy atom. The maximum Gasteiger partial charge on any atom is 0.210 e. The number of halogens is 2. The molecule has 0 aliphatic carbocycles. The van der Waals surface area contributed by atoms with E-state index in [1.54, 1.807) is 50.3 Å². The molecule has 0 saturated heterocycles. The fraction of sp³-hybridized carbons (Fsp3) is 0.167. The molecule has 30 heavy (non-hydrogen) atoms. The summed E-state index contributed by atoms with van der Waals surface area (Å²) in [6.07, 6.45) is 0. The van der Waals surface area contributed by atoms with E-state index in [0.717, 1.165) is 11.1 Å². The minimum absolute atomic E-state index is 0.276. The van der Waals surface area contributed by atoms with Crippen molar-refractivity contribution in [2.45, 2.75) is 27.7 Å². The molecule has 0 aromatic heterocycles. The van der Waals surface area contributed by atoms with Gasteiger partial charge in [-0.3, -0.25) is 0 Å². The van der Waals surface area contributed by atoms with E-state index in [0.29, 0.717) is 11.1 Å². The summed E-state index contributed by atoms with van der Waals surface area (Å²) in [4.78, 5) is 0. The second kappa shape index (κ2) is 8.23. The molecular formula is C24H18F2N2O2. The summed E-state index contributed by atoms with van der Waals surface area (Å²) >= 11 is 0. The highest BCUT2D eigenvalue weighted by Crippen LogP contribution is 2.43. The number of aryl methyl sites for hydroxylation is 4. The SMILES string of the molecule is Cc1ccc(Oc2c(F)c(C#N)c(C#N)c(F)c2Oc2ccc(C)cc2C)c(C)c1. The lowest BCUT2D eigenvalue weighted by molar-refractivity contribution is 0.371. The van der Waals surface area contributed by atoms with Gasteiger partial charge in [0.15, 0.2) is 11.6 Å². The second-order valence-electron chi connectivity index (χ2n) is 7.00. The summed E-state index contributed by atoms with van der Waals surface area (Å²) in [5, 5.41) is 18.6. The molecule has 4 nitrogen and oxygen atoms in total. The molecule has 0 bridgehead atoms. The Bertz CT molecular complexity index is 1140. The lowest BCUT2D eigenvalue weighted by atomic mass is 10.1. The van der Waals surface area contributed by atoms with Crippen molar-refractivity contribution >= 4 is 0 Å². The highest BCUT2D eigenvalue weighted by Gasteiger charge is 2.29. The van der Waals surface area contributed by atoms with Crippen LogP contribution in [0.5, 0.6) is 23.0 Å². The first-order valence-corrected chi connectivity index (χ1v) is 9.12. The van der Waals surface area contributed by atoms with Crippen molar-refractivity contribution in [1.29, 1.82) is 10.5 Å². The third-order valence-electron chi connectivity index (χ3n) is 4.60. The van der Waals surface area contributed by atoms with Crippen LogP contribution in [0.1, 0.15) is 33.4 Å². The van der Waals surface area contributed by atoms with E-state index in [-0.39, 0.29) is 11.5 Å². The molecule has 150 valence electrons. The van der Waals surface area contributed by atoms with Gasteiger partial charge in [-0.05, 0) is 51.0 Å². The van der Waals surface area contributed by atoms with Gasteiger partial charge in [-0.1, -0.05) is 35.4 Å². The molecule has 3 rings (SSSR count). The number of benzene rings is 3. The van der Waals surface area contributed by atoms with Gasteiger partial charge in [0, 0.05) is 0 Å². The van der Waals surface area contributed by atoms with Gasteiger partial charge in [0.25, 0.3) is 0 Å². The summed E-state index contributed by atoms with van der Waals surface area (Å²) in [5.41, 5.74) is 1.85. The minimum Gasteiger partial charge on any atom is -0.450 e. The number of hydrogen-bond donors (Lipinski definition) is 0. The molecule has 0 fully saturated rings. The van der Waals surface area contributed by atoms with Gasteiger partial charge in [0.05, 0.1) is 0 Å². The molecule has 0 saturated carbocycles. The summed E-state index contributed by atoms with van der Waals surface area (Å²) in [6.45, 7) is 7.30. The van der Waals surface area contributed by atoms with E-state index in [4.69, 9.17) is 9.47 Å². The van der Waals surface area contributed by atoms with Crippen LogP contribution in [0.15, 0.2) is 36.4 Å². The van der Waals surface area contributed by atoms with Crippen LogP contribution in [0.25, 0.3) is 0 Å². The monoisotopic (exact) mass is 404 g/mol. The van der Waals surface area contributed by atoms with Gasteiger partial charge in [0.1, 0.15) is 34.8 Å². The van der Waals surface area contributed by atoms with E-state index >= 15 is 8.78 Å².